The summed E-state index contributed by atoms with van der Waals surface area (Å²) in [5.74, 6) is 0.215. The van der Waals surface area contributed by atoms with E-state index in [9.17, 15) is 0 Å². The smallest absolute Gasteiger partial charge is 0.0672 e. The molecule has 0 aliphatic heterocycles. The molecule has 0 spiro atoms. The van der Waals surface area contributed by atoms with Crippen LogP contribution in [0.5, 0.6) is 0 Å². The van der Waals surface area contributed by atoms with Gasteiger partial charge in [0, 0.05) is 12.1 Å². The molecular formula is C10H16N2. The highest BCUT2D eigenvalue weighted by molar-refractivity contribution is 4.98. The van der Waals surface area contributed by atoms with Gasteiger partial charge in [-0.2, -0.15) is 5.26 Å². The summed E-state index contributed by atoms with van der Waals surface area (Å²) in [6, 6.07) is 3.06. The highest BCUT2D eigenvalue weighted by Crippen LogP contribution is 2.25. The van der Waals surface area contributed by atoms with Crippen LogP contribution >= 0.6 is 0 Å². The fourth-order valence-electron chi connectivity index (χ4n) is 1.72. The topological polar surface area (TPSA) is 35.8 Å². The van der Waals surface area contributed by atoms with E-state index in [1.54, 1.807) is 0 Å². The molecule has 0 saturated heterocycles. The Labute approximate surface area is 74.3 Å². The molecular weight excluding hydrogens is 148 g/mol. The van der Waals surface area contributed by atoms with Crippen LogP contribution in [0, 0.1) is 17.2 Å². The lowest BCUT2D eigenvalue weighted by atomic mass is 10.1. The van der Waals surface area contributed by atoms with Crippen molar-refractivity contribution < 1.29 is 0 Å². The molecule has 1 fully saturated rings. The Bertz CT molecular complexity index is 193. The fourth-order valence-corrected chi connectivity index (χ4v) is 1.72. The lowest BCUT2D eigenvalue weighted by Gasteiger charge is -2.18. The van der Waals surface area contributed by atoms with Crippen LogP contribution in [0.3, 0.4) is 0 Å². The van der Waals surface area contributed by atoms with Crippen LogP contribution in [0.4, 0.5) is 0 Å². The summed E-state index contributed by atoms with van der Waals surface area (Å²) in [7, 11) is 0. The monoisotopic (exact) mass is 164 g/mol. The van der Waals surface area contributed by atoms with Gasteiger partial charge in [0.05, 0.1) is 12.0 Å². The van der Waals surface area contributed by atoms with E-state index in [4.69, 9.17) is 5.26 Å². The van der Waals surface area contributed by atoms with Crippen molar-refractivity contribution in [2.24, 2.45) is 5.92 Å². The standard InChI is InChI=1S/C10H16N2/c1-3-8(2)12-10-6-4-5-9(10)7-11/h3,8-10,12H,1,4-6H2,2H3. The van der Waals surface area contributed by atoms with Gasteiger partial charge in [0.1, 0.15) is 0 Å². The maximum Gasteiger partial charge on any atom is 0.0672 e. The van der Waals surface area contributed by atoms with Crippen molar-refractivity contribution in [2.45, 2.75) is 38.3 Å². The third-order valence-corrected chi connectivity index (χ3v) is 2.51. The van der Waals surface area contributed by atoms with Gasteiger partial charge in [-0.05, 0) is 19.8 Å². The van der Waals surface area contributed by atoms with Crippen molar-refractivity contribution in [2.75, 3.05) is 0 Å². The molecule has 12 heavy (non-hydrogen) atoms. The first kappa shape index (κ1) is 9.28. The van der Waals surface area contributed by atoms with Gasteiger partial charge in [0.2, 0.25) is 0 Å². The Hall–Kier alpha value is -0.810. The molecule has 66 valence electrons. The van der Waals surface area contributed by atoms with Gasteiger partial charge in [0.25, 0.3) is 0 Å². The summed E-state index contributed by atoms with van der Waals surface area (Å²) in [6.07, 6.45) is 5.25. The molecule has 0 radical (unpaired) electrons. The number of hydrogen-bond donors (Lipinski definition) is 1. The van der Waals surface area contributed by atoms with Gasteiger partial charge >= 0.3 is 0 Å². The largest absolute Gasteiger partial charge is 0.307 e. The van der Waals surface area contributed by atoms with Crippen molar-refractivity contribution in [1.82, 2.24) is 5.32 Å². The lowest BCUT2D eigenvalue weighted by molar-refractivity contribution is 0.444. The number of nitriles is 1. The Morgan fingerprint density at radius 1 is 1.67 bits per heavy atom. The van der Waals surface area contributed by atoms with Gasteiger partial charge in [-0.1, -0.05) is 12.5 Å². The molecule has 2 nitrogen and oxygen atoms in total. The van der Waals surface area contributed by atoms with Crippen LogP contribution in [-0.4, -0.2) is 12.1 Å². The predicted molar refractivity (Wildman–Crippen MR) is 49.5 cm³/mol. The molecule has 1 rings (SSSR count). The third kappa shape index (κ3) is 2.09. The number of rotatable bonds is 3. The highest BCUT2D eigenvalue weighted by atomic mass is 15.0. The van der Waals surface area contributed by atoms with Crippen LogP contribution in [0.1, 0.15) is 26.2 Å². The van der Waals surface area contributed by atoms with Crippen LogP contribution in [0.15, 0.2) is 12.7 Å². The molecule has 0 heterocycles. The van der Waals surface area contributed by atoms with E-state index < -0.39 is 0 Å². The zero-order valence-electron chi connectivity index (χ0n) is 7.59. The first-order chi connectivity index (χ1) is 5.77. The number of nitrogens with zero attached hydrogens (tertiary/aromatic N) is 1. The zero-order chi connectivity index (χ0) is 8.97. The molecule has 0 aromatic carbocycles. The van der Waals surface area contributed by atoms with Crippen LogP contribution < -0.4 is 5.32 Å². The summed E-state index contributed by atoms with van der Waals surface area (Å²) in [5.41, 5.74) is 0. The zero-order valence-corrected chi connectivity index (χ0v) is 7.59. The van der Waals surface area contributed by atoms with Crippen LogP contribution in [-0.2, 0) is 0 Å². The van der Waals surface area contributed by atoms with Gasteiger partial charge in [-0.3, -0.25) is 0 Å². The minimum Gasteiger partial charge on any atom is -0.307 e. The van der Waals surface area contributed by atoms with E-state index in [1.807, 2.05) is 6.08 Å². The van der Waals surface area contributed by atoms with Gasteiger partial charge in [0.15, 0.2) is 0 Å². The van der Waals surface area contributed by atoms with E-state index in [0.717, 1.165) is 12.8 Å². The molecule has 3 unspecified atom stereocenters. The summed E-state index contributed by atoms with van der Waals surface area (Å²) in [6.45, 7) is 5.78. The van der Waals surface area contributed by atoms with Crippen LogP contribution in [0.2, 0.25) is 0 Å². The lowest BCUT2D eigenvalue weighted by Crippen LogP contribution is -2.37. The Morgan fingerprint density at radius 2 is 2.42 bits per heavy atom. The summed E-state index contributed by atoms with van der Waals surface area (Å²) >= 11 is 0. The van der Waals surface area contributed by atoms with E-state index >= 15 is 0 Å². The molecule has 2 heteroatoms. The van der Waals surface area contributed by atoms with Crippen LogP contribution in [0.25, 0.3) is 0 Å². The average Bonchev–Trinajstić information content (AvgIpc) is 2.51. The fraction of sp³-hybridized carbons (Fsp3) is 0.700. The summed E-state index contributed by atoms with van der Waals surface area (Å²) in [5, 5.41) is 12.2. The van der Waals surface area contributed by atoms with E-state index in [-0.39, 0.29) is 5.92 Å². The van der Waals surface area contributed by atoms with Crippen molar-refractivity contribution >= 4 is 0 Å². The number of hydrogen-bond acceptors (Lipinski definition) is 2. The molecule has 0 amide bonds. The molecule has 1 N–H and O–H groups in total. The predicted octanol–water partition coefficient (Wildman–Crippen LogP) is 1.84. The Balaban J connectivity index is 2.41. The second-order valence-electron chi connectivity index (χ2n) is 3.46. The van der Waals surface area contributed by atoms with E-state index in [1.165, 1.54) is 6.42 Å². The minimum absolute atomic E-state index is 0.215. The Kier molecular flexibility index (Phi) is 3.31. The molecule has 0 aromatic heterocycles. The molecule has 0 bridgehead atoms. The van der Waals surface area contributed by atoms with E-state index in [2.05, 4.69) is 24.9 Å². The second kappa shape index (κ2) is 4.27. The first-order valence-electron chi connectivity index (χ1n) is 4.56. The first-order valence-corrected chi connectivity index (χ1v) is 4.56. The Morgan fingerprint density at radius 3 is 3.00 bits per heavy atom. The third-order valence-electron chi connectivity index (χ3n) is 2.51. The van der Waals surface area contributed by atoms with Crippen molar-refractivity contribution in [3.05, 3.63) is 12.7 Å². The minimum atomic E-state index is 0.215. The summed E-state index contributed by atoms with van der Waals surface area (Å²) in [4.78, 5) is 0. The number of nitrogens with one attached hydrogen (secondary N) is 1. The summed E-state index contributed by atoms with van der Waals surface area (Å²) < 4.78 is 0. The molecule has 0 aromatic rings. The SMILES string of the molecule is C=CC(C)NC1CCCC1C#N. The molecule has 3 atom stereocenters. The average molecular weight is 164 g/mol. The molecule has 1 aliphatic carbocycles. The van der Waals surface area contributed by atoms with Gasteiger partial charge in [-0.15, -0.1) is 6.58 Å². The maximum atomic E-state index is 8.81. The van der Waals surface area contributed by atoms with E-state index in [0.29, 0.717) is 12.1 Å². The molecule has 1 saturated carbocycles. The van der Waals surface area contributed by atoms with Crippen molar-refractivity contribution in [1.29, 1.82) is 5.26 Å². The van der Waals surface area contributed by atoms with Gasteiger partial charge in [-0.25, -0.2) is 0 Å². The second-order valence-corrected chi connectivity index (χ2v) is 3.46. The maximum absolute atomic E-state index is 8.81. The highest BCUT2D eigenvalue weighted by Gasteiger charge is 2.27. The van der Waals surface area contributed by atoms with Gasteiger partial charge < -0.3 is 5.32 Å². The van der Waals surface area contributed by atoms with Crippen molar-refractivity contribution in [3.8, 4) is 6.07 Å². The molecule has 1 aliphatic rings. The quantitative estimate of drug-likeness (QED) is 0.646. The normalized spacial score (nSPS) is 31.0. The van der Waals surface area contributed by atoms with Crippen molar-refractivity contribution in [3.63, 3.8) is 0 Å².